The van der Waals surface area contributed by atoms with E-state index in [2.05, 4.69) is 4.98 Å². The van der Waals surface area contributed by atoms with Crippen LogP contribution in [-0.4, -0.2) is 26.7 Å². The molecule has 0 bridgehead atoms. The second-order valence-electron chi connectivity index (χ2n) is 7.11. The van der Waals surface area contributed by atoms with Crippen LogP contribution in [0.4, 0.5) is 0 Å². The van der Waals surface area contributed by atoms with Crippen molar-refractivity contribution in [2.24, 2.45) is 0 Å². The summed E-state index contributed by atoms with van der Waals surface area (Å²) in [5, 5.41) is 12.1. The molecule has 1 aliphatic rings. The number of Topliss-reactive ketones (excluding diaryl/α,β-unsaturated/α-hetero) is 1. The number of aliphatic hydroxyl groups excluding tert-OH is 1. The highest BCUT2D eigenvalue weighted by atomic mass is 35.5. The maximum absolute atomic E-state index is 13.4. The average Bonchev–Trinajstić information content (AvgIpc) is 3.20. The predicted octanol–water partition coefficient (Wildman–Crippen LogP) is 5.19. The minimum atomic E-state index is -0.718. The normalized spacial score (nSPS) is 16.4. The van der Waals surface area contributed by atoms with Gasteiger partial charge in [-0.3, -0.25) is 9.59 Å². The van der Waals surface area contributed by atoms with Crippen molar-refractivity contribution in [2.75, 3.05) is 0 Å². The predicted molar refractivity (Wildman–Crippen MR) is 117 cm³/mol. The molecule has 3 aromatic rings. The number of carbonyl (C=O) groups is 2. The zero-order chi connectivity index (χ0) is 21.4. The van der Waals surface area contributed by atoms with Crippen LogP contribution in [0, 0.1) is 13.8 Å². The standard InChI is InChI=1S/C23H19ClN2O3S/c1-13-22(30-14(2)25-13)20(27)18-19(16-8-10-17(24)11-9-16)26(23(29)21(18)28)12-15-6-4-3-5-7-15/h3-11,19,28H,12H2,1-2H3. The molecule has 5 nitrogen and oxygen atoms in total. The number of halogens is 1. The van der Waals surface area contributed by atoms with Crippen molar-refractivity contribution in [3.63, 3.8) is 0 Å². The molecule has 7 heteroatoms. The number of hydrogen-bond acceptors (Lipinski definition) is 5. The fourth-order valence-electron chi connectivity index (χ4n) is 3.68. The molecule has 0 saturated heterocycles. The molecular formula is C23H19ClN2O3S. The van der Waals surface area contributed by atoms with Gasteiger partial charge in [0, 0.05) is 11.6 Å². The van der Waals surface area contributed by atoms with E-state index in [0.29, 0.717) is 21.2 Å². The lowest BCUT2D eigenvalue weighted by atomic mass is 9.95. The summed E-state index contributed by atoms with van der Waals surface area (Å²) in [5.41, 5.74) is 2.27. The van der Waals surface area contributed by atoms with Crippen LogP contribution in [0.15, 0.2) is 65.9 Å². The lowest BCUT2D eigenvalue weighted by Gasteiger charge is -2.27. The molecule has 2 aromatic carbocycles. The first kappa shape index (κ1) is 20.3. The molecule has 0 spiro atoms. The molecule has 1 atom stereocenters. The summed E-state index contributed by atoms with van der Waals surface area (Å²) >= 11 is 7.31. The summed E-state index contributed by atoms with van der Waals surface area (Å²) < 4.78 is 0. The van der Waals surface area contributed by atoms with Gasteiger partial charge in [0.2, 0.25) is 5.78 Å². The van der Waals surface area contributed by atoms with Gasteiger partial charge in [-0.25, -0.2) is 4.98 Å². The third-order valence-corrected chi connectivity index (χ3v) is 6.36. The number of rotatable bonds is 5. The van der Waals surface area contributed by atoms with E-state index in [9.17, 15) is 14.7 Å². The number of amides is 1. The summed E-state index contributed by atoms with van der Waals surface area (Å²) in [6, 6.07) is 15.7. The topological polar surface area (TPSA) is 70.5 Å². The van der Waals surface area contributed by atoms with Crippen LogP contribution in [0.1, 0.15) is 37.5 Å². The first-order valence-corrected chi connectivity index (χ1v) is 10.6. The molecule has 0 aliphatic carbocycles. The van der Waals surface area contributed by atoms with Crippen molar-refractivity contribution >= 4 is 34.6 Å². The van der Waals surface area contributed by atoms with Crippen molar-refractivity contribution in [1.29, 1.82) is 0 Å². The van der Waals surface area contributed by atoms with Crippen molar-refractivity contribution in [3.05, 3.63) is 97.7 Å². The molecule has 2 heterocycles. The van der Waals surface area contributed by atoms with Gasteiger partial charge in [-0.2, -0.15) is 0 Å². The lowest BCUT2D eigenvalue weighted by Crippen LogP contribution is -2.30. The highest BCUT2D eigenvalue weighted by molar-refractivity contribution is 7.14. The van der Waals surface area contributed by atoms with Gasteiger partial charge in [-0.1, -0.05) is 54.1 Å². The van der Waals surface area contributed by atoms with Gasteiger partial charge in [-0.15, -0.1) is 11.3 Å². The smallest absolute Gasteiger partial charge is 0.290 e. The van der Waals surface area contributed by atoms with E-state index in [1.807, 2.05) is 37.3 Å². The number of carbonyl (C=O) groups excluding carboxylic acids is 2. The van der Waals surface area contributed by atoms with Crippen LogP contribution in [0.25, 0.3) is 0 Å². The number of aryl methyl sites for hydroxylation is 2. The molecule has 152 valence electrons. The highest BCUT2D eigenvalue weighted by Gasteiger charge is 2.44. The Morgan fingerprint density at radius 3 is 2.40 bits per heavy atom. The highest BCUT2D eigenvalue weighted by Crippen LogP contribution is 2.41. The van der Waals surface area contributed by atoms with Gasteiger partial charge >= 0.3 is 0 Å². The zero-order valence-electron chi connectivity index (χ0n) is 16.4. The monoisotopic (exact) mass is 438 g/mol. The van der Waals surface area contributed by atoms with Crippen molar-refractivity contribution < 1.29 is 14.7 Å². The van der Waals surface area contributed by atoms with Gasteiger partial charge < -0.3 is 10.0 Å². The van der Waals surface area contributed by atoms with E-state index in [1.54, 1.807) is 31.2 Å². The molecule has 1 amide bonds. The molecule has 30 heavy (non-hydrogen) atoms. The SMILES string of the molecule is Cc1nc(C)c(C(=O)C2=C(O)C(=O)N(Cc3ccccc3)C2c2ccc(Cl)cc2)s1. The van der Waals surface area contributed by atoms with E-state index >= 15 is 0 Å². The molecule has 1 unspecified atom stereocenters. The fraction of sp³-hybridized carbons (Fsp3) is 0.174. The second kappa shape index (κ2) is 8.05. The van der Waals surface area contributed by atoms with Gasteiger partial charge in [0.25, 0.3) is 5.91 Å². The summed E-state index contributed by atoms with van der Waals surface area (Å²) in [7, 11) is 0. The third-order valence-electron chi connectivity index (χ3n) is 5.04. The Hall–Kier alpha value is -2.96. The maximum Gasteiger partial charge on any atom is 0.290 e. The van der Waals surface area contributed by atoms with Crippen molar-refractivity contribution in [1.82, 2.24) is 9.88 Å². The van der Waals surface area contributed by atoms with Crippen LogP contribution in [0.3, 0.4) is 0 Å². The number of ketones is 1. The van der Waals surface area contributed by atoms with E-state index in [4.69, 9.17) is 11.6 Å². The van der Waals surface area contributed by atoms with Crippen LogP contribution in [0.2, 0.25) is 5.02 Å². The Labute approximate surface area is 183 Å². The number of aliphatic hydroxyl groups is 1. The first-order chi connectivity index (χ1) is 14.4. The molecule has 1 aromatic heterocycles. The molecule has 1 N–H and O–H groups in total. The summed E-state index contributed by atoms with van der Waals surface area (Å²) in [6.45, 7) is 3.83. The van der Waals surface area contributed by atoms with Gasteiger partial charge in [0.05, 0.1) is 27.2 Å². The molecule has 0 fully saturated rings. The third kappa shape index (κ3) is 3.64. The zero-order valence-corrected chi connectivity index (χ0v) is 18.0. The number of aromatic nitrogens is 1. The summed E-state index contributed by atoms with van der Waals surface area (Å²) in [4.78, 5) is 32.7. The molecule has 4 rings (SSSR count). The molecule has 1 aliphatic heterocycles. The van der Waals surface area contributed by atoms with E-state index in [1.165, 1.54) is 16.2 Å². The molecule has 0 radical (unpaired) electrons. The summed E-state index contributed by atoms with van der Waals surface area (Å²) in [5.74, 6) is -1.46. The Morgan fingerprint density at radius 1 is 1.13 bits per heavy atom. The van der Waals surface area contributed by atoms with Crippen LogP contribution in [0.5, 0.6) is 0 Å². The van der Waals surface area contributed by atoms with E-state index < -0.39 is 17.7 Å². The van der Waals surface area contributed by atoms with Gasteiger partial charge in [0.1, 0.15) is 0 Å². The Bertz CT molecular complexity index is 1150. The molecular weight excluding hydrogens is 420 g/mol. The van der Waals surface area contributed by atoms with Crippen LogP contribution >= 0.6 is 22.9 Å². The lowest BCUT2D eigenvalue weighted by molar-refractivity contribution is -0.130. The van der Waals surface area contributed by atoms with Crippen molar-refractivity contribution in [3.8, 4) is 0 Å². The first-order valence-electron chi connectivity index (χ1n) is 9.39. The van der Waals surface area contributed by atoms with Gasteiger partial charge in [0.15, 0.2) is 5.76 Å². The Morgan fingerprint density at radius 2 is 1.80 bits per heavy atom. The Kier molecular flexibility index (Phi) is 5.45. The number of thiazole rings is 1. The number of hydrogen-bond donors (Lipinski definition) is 1. The minimum absolute atomic E-state index is 0.0741. The van der Waals surface area contributed by atoms with E-state index in [0.717, 1.165) is 10.6 Å². The minimum Gasteiger partial charge on any atom is -0.503 e. The largest absolute Gasteiger partial charge is 0.503 e. The molecule has 0 saturated carbocycles. The van der Waals surface area contributed by atoms with Crippen LogP contribution in [-0.2, 0) is 11.3 Å². The van der Waals surface area contributed by atoms with Crippen LogP contribution < -0.4 is 0 Å². The van der Waals surface area contributed by atoms with Crippen molar-refractivity contribution in [2.45, 2.75) is 26.4 Å². The van der Waals surface area contributed by atoms with E-state index in [-0.39, 0.29) is 17.9 Å². The number of benzene rings is 2. The average molecular weight is 439 g/mol. The summed E-state index contributed by atoms with van der Waals surface area (Å²) in [6.07, 6.45) is 0. The number of nitrogens with zero attached hydrogens (tertiary/aromatic N) is 2. The Balaban J connectivity index is 1.81. The second-order valence-corrected chi connectivity index (χ2v) is 8.75. The maximum atomic E-state index is 13.4. The quantitative estimate of drug-likeness (QED) is 0.556. The fourth-order valence-corrected chi connectivity index (χ4v) is 4.68. The van der Waals surface area contributed by atoms with Gasteiger partial charge in [-0.05, 0) is 37.1 Å².